The molecule has 0 spiro atoms. The summed E-state index contributed by atoms with van der Waals surface area (Å²) in [5.41, 5.74) is 1.91. The van der Waals surface area contributed by atoms with Gasteiger partial charge in [0.1, 0.15) is 5.52 Å². The maximum absolute atomic E-state index is 13.2. The van der Waals surface area contributed by atoms with E-state index in [9.17, 15) is 16.8 Å². The van der Waals surface area contributed by atoms with Crippen molar-refractivity contribution < 1.29 is 16.8 Å². The van der Waals surface area contributed by atoms with Crippen molar-refractivity contribution in [1.29, 1.82) is 0 Å². The van der Waals surface area contributed by atoms with Crippen LogP contribution in [0.1, 0.15) is 31.7 Å². The van der Waals surface area contributed by atoms with Crippen LogP contribution in [0.2, 0.25) is 0 Å². The first-order valence-corrected chi connectivity index (χ1v) is 14.0. The van der Waals surface area contributed by atoms with Crippen LogP contribution in [-0.4, -0.2) is 59.0 Å². The Morgan fingerprint density at radius 2 is 1.67 bits per heavy atom. The molecule has 0 aliphatic heterocycles. The number of fused-ring (bicyclic) bond motifs is 3. The van der Waals surface area contributed by atoms with Crippen molar-refractivity contribution in [3.05, 3.63) is 55.1 Å². The Morgan fingerprint density at radius 1 is 0.970 bits per heavy atom. The first-order chi connectivity index (χ1) is 15.7. The molecule has 1 aromatic carbocycles. The highest BCUT2D eigenvalue weighted by Gasteiger charge is 2.30. The summed E-state index contributed by atoms with van der Waals surface area (Å²) in [7, 11) is -5.37. The van der Waals surface area contributed by atoms with E-state index in [1.54, 1.807) is 56.0 Å². The molecule has 33 heavy (non-hydrogen) atoms. The van der Waals surface area contributed by atoms with Gasteiger partial charge in [-0.3, -0.25) is 0 Å². The fraction of sp³-hybridized carbons (Fsp3) is 0.364. The van der Waals surface area contributed by atoms with Crippen LogP contribution < -0.4 is 0 Å². The number of rotatable bonds is 5. The molecule has 3 aromatic heterocycles. The van der Waals surface area contributed by atoms with Gasteiger partial charge in [0, 0.05) is 30.7 Å². The third-order valence-corrected chi connectivity index (χ3v) is 9.63. The number of pyridine rings is 1. The molecule has 1 aliphatic rings. The molecular formula is C22H25N5O4S2. The molecule has 5 rings (SSSR count). The molecule has 0 atom stereocenters. The number of aromatic nitrogens is 4. The molecule has 1 fully saturated rings. The zero-order chi connectivity index (χ0) is 23.4. The fourth-order valence-corrected chi connectivity index (χ4v) is 6.81. The smallest absolute Gasteiger partial charge is 0.269 e. The normalized spacial score (nSPS) is 20.1. The predicted molar refractivity (Wildman–Crippen MR) is 126 cm³/mol. The molecule has 9 nitrogen and oxygen atoms in total. The lowest BCUT2D eigenvalue weighted by Gasteiger charge is -2.34. The zero-order valence-corrected chi connectivity index (χ0v) is 20.0. The van der Waals surface area contributed by atoms with E-state index in [1.165, 1.54) is 20.7 Å². The van der Waals surface area contributed by atoms with Crippen LogP contribution in [0.4, 0.5) is 0 Å². The Morgan fingerprint density at radius 3 is 2.33 bits per heavy atom. The first-order valence-electron chi connectivity index (χ1n) is 10.7. The zero-order valence-electron chi connectivity index (χ0n) is 18.4. The van der Waals surface area contributed by atoms with Crippen LogP contribution in [0, 0.1) is 0 Å². The Labute approximate surface area is 192 Å². The molecular weight excluding hydrogens is 462 g/mol. The quantitative estimate of drug-likeness (QED) is 0.428. The fourth-order valence-electron chi connectivity index (χ4n) is 4.73. The minimum Gasteiger partial charge on any atom is -0.327 e. The van der Waals surface area contributed by atoms with Crippen LogP contribution in [0.3, 0.4) is 0 Å². The van der Waals surface area contributed by atoms with E-state index in [4.69, 9.17) is 0 Å². The molecule has 0 amide bonds. The molecule has 0 radical (unpaired) electrons. The largest absolute Gasteiger partial charge is 0.327 e. The number of imidazole rings is 1. The standard InChI is InChI=1S/C22H25N5O4S2/c1-25(32(2,28)29)16-8-10-17(11-9-16)26-15-24-20-14-23-22-19(21(20)26)12-13-27(22)33(30,31)18-6-4-3-5-7-18/h3-7,12-17H,8-11H2,1-2H3. The lowest BCUT2D eigenvalue weighted by Crippen LogP contribution is -2.39. The summed E-state index contributed by atoms with van der Waals surface area (Å²) in [5.74, 6) is 0. The average molecular weight is 488 g/mol. The summed E-state index contributed by atoms with van der Waals surface area (Å²) >= 11 is 0. The molecule has 174 valence electrons. The maximum atomic E-state index is 13.2. The summed E-state index contributed by atoms with van der Waals surface area (Å²) < 4.78 is 55.0. The molecule has 0 bridgehead atoms. The van der Waals surface area contributed by atoms with Gasteiger partial charge in [0.2, 0.25) is 10.0 Å². The van der Waals surface area contributed by atoms with E-state index in [-0.39, 0.29) is 17.0 Å². The second-order valence-corrected chi connectivity index (χ2v) is 12.4. The third-order valence-electron chi connectivity index (χ3n) is 6.61. The van der Waals surface area contributed by atoms with Gasteiger partial charge in [-0.25, -0.2) is 35.1 Å². The van der Waals surface area contributed by atoms with Gasteiger partial charge < -0.3 is 4.57 Å². The molecule has 1 aliphatic carbocycles. The predicted octanol–water partition coefficient (Wildman–Crippen LogP) is 3.00. The van der Waals surface area contributed by atoms with Gasteiger partial charge in [-0.15, -0.1) is 0 Å². The molecule has 0 unspecified atom stereocenters. The summed E-state index contributed by atoms with van der Waals surface area (Å²) in [4.78, 5) is 9.12. The summed E-state index contributed by atoms with van der Waals surface area (Å²) in [6, 6.07) is 10.2. The van der Waals surface area contributed by atoms with Crippen LogP contribution in [-0.2, 0) is 20.0 Å². The van der Waals surface area contributed by atoms with Crippen molar-refractivity contribution in [2.24, 2.45) is 0 Å². The van der Waals surface area contributed by atoms with Crippen molar-refractivity contribution >= 4 is 42.1 Å². The van der Waals surface area contributed by atoms with Gasteiger partial charge in [-0.2, -0.15) is 0 Å². The van der Waals surface area contributed by atoms with E-state index in [0.717, 1.165) is 36.6 Å². The Hall–Kier alpha value is -2.76. The highest BCUT2D eigenvalue weighted by molar-refractivity contribution is 7.90. The topological polar surface area (TPSA) is 107 Å². The number of hydrogen-bond donors (Lipinski definition) is 0. The number of hydrogen-bond acceptors (Lipinski definition) is 6. The summed E-state index contributed by atoms with van der Waals surface area (Å²) in [6.45, 7) is 0. The van der Waals surface area contributed by atoms with Crippen LogP contribution in [0.25, 0.3) is 22.1 Å². The minimum absolute atomic E-state index is 0.00943. The lowest BCUT2D eigenvalue weighted by molar-refractivity contribution is 0.240. The Balaban J connectivity index is 1.52. The summed E-state index contributed by atoms with van der Waals surface area (Å²) in [5, 5.41) is 0.722. The number of sulfonamides is 1. The van der Waals surface area contributed by atoms with Gasteiger partial charge in [0.25, 0.3) is 10.0 Å². The minimum atomic E-state index is -3.78. The molecule has 0 saturated heterocycles. The molecule has 4 aromatic rings. The van der Waals surface area contributed by atoms with Gasteiger partial charge in [0.05, 0.1) is 29.2 Å². The maximum Gasteiger partial charge on any atom is 0.269 e. The van der Waals surface area contributed by atoms with Crippen molar-refractivity contribution in [3.63, 3.8) is 0 Å². The van der Waals surface area contributed by atoms with Crippen LogP contribution in [0.5, 0.6) is 0 Å². The highest BCUT2D eigenvalue weighted by Crippen LogP contribution is 2.35. The van der Waals surface area contributed by atoms with Crippen molar-refractivity contribution in [1.82, 2.24) is 22.8 Å². The Kier molecular flexibility index (Phi) is 5.30. The molecule has 3 heterocycles. The van der Waals surface area contributed by atoms with Gasteiger partial charge in [-0.05, 0) is 43.9 Å². The number of benzene rings is 1. The van der Waals surface area contributed by atoms with Crippen LogP contribution >= 0.6 is 0 Å². The van der Waals surface area contributed by atoms with E-state index in [0.29, 0.717) is 11.2 Å². The third kappa shape index (κ3) is 3.73. The Bertz CT molecular complexity index is 1530. The van der Waals surface area contributed by atoms with E-state index >= 15 is 0 Å². The second kappa shape index (κ2) is 7.93. The lowest BCUT2D eigenvalue weighted by atomic mass is 9.91. The van der Waals surface area contributed by atoms with E-state index in [2.05, 4.69) is 14.5 Å². The monoisotopic (exact) mass is 487 g/mol. The average Bonchev–Trinajstić information content (AvgIpc) is 3.43. The van der Waals surface area contributed by atoms with Gasteiger partial charge >= 0.3 is 0 Å². The summed E-state index contributed by atoms with van der Waals surface area (Å²) in [6.07, 6.45) is 9.28. The van der Waals surface area contributed by atoms with Crippen molar-refractivity contribution in [3.8, 4) is 0 Å². The SMILES string of the molecule is CN(C1CCC(n2cnc3cnc4c(ccn4S(=O)(=O)c4ccccc4)c32)CC1)S(C)(=O)=O. The van der Waals surface area contributed by atoms with E-state index in [1.807, 2.05) is 0 Å². The van der Waals surface area contributed by atoms with Crippen LogP contribution in [0.15, 0.2) is 60.0 Å². The highest BCUT2D eigenvalue weighted by atomic mass is 32.2. The van der Waals surface area contributed by atoms with Crippen molar-refractivity contribution in [2.45, 2.75) is 42.7 Å². The molecule has 0 N–H and O–H groups in total. The molecule has 1 saturated carbocycles. The second-order valence-electron chi connectivity index (χ2n) is 8.55. The van der Waals surface area contributed by atoms with Crippen molar-refractivity contribution in [2.75, 3.05) is 13.3 Å². The number of nitrogens with zero attached hydrogens (tertiary/aromatic N) is 5. The first kappa shape index (κ1) is 22.1. The van der Waals surface area contributed by atoms with Gasteiger partial charge in [-0.1, -0.05) is 18.2 Å². The van der Waals surface area contributed by atoms with E-state index < -0.39 is 20.0 Å². The van der Waals surface area contributed by atoms with Gasteiger partial charge in [0.15, 0.2) is 5.65 Å². The molecule has 11 heteroatoms.